The zero-order chi connectivity index (χ0) is 14.2. The van der Waals surface area contributed by atoms with Crippen molar-refractivity contribution in [3.8, 4) is 5.75 Å². The van der Waals surface area contributed by atoms with Gasteiger partial charge in [-0.25, -0.2) is 4.39 Å². The summed E-state index contributed by atoms with van der Waals surface area (Å²) in [7, 11) is 1.43. The summed E-state index contributed by atoms with van der Waals surface area (Å²) in [6.07, 6.45) is 0.0379. The van der Waals surface area contributed by atoms with Gasteiger partial charge in [-0.15, -0.1) is 0 Å². The van der Waals surface area contributed by atoms with Crippen LogP contribution in [0.5, 0.6) is 5.75 Å². The first-order chi connectivity index (χ1) is 8.93. The standard InChI is InChI=1S/C12H12BrFN2O3/c1-19-10-3-7(13)8(14)4-9(10)16-5-6(12(15)18)2-11(16)17/h3-4,6H,2,5H2,1H3,(H2,15,18). The highest BCUT2D eigenvalue weighted by molar-refractivity contribution is 9.10. The fourth-order valence-electron chi connectivity index (χ4n) is 2.02. The number of nitrogens with zero attached hydrogens (tertiary/aromatic N) is 1. The van der Waals surface area contributed by atoms with E-state index in [2.05, 4.69) is 15.9 Å². The summed E-state index contributed by atoms with van der Waals surface area (Å²) in [6.45, 7) is 0.144. The van der Waals surface area contributed by atoms with Gasteiger partial charge in [-0.05, 0) is 22.0 Å². The minimum Gasteiger partial charge on any atom is -0.495 e. The second-order valence-corrected chi connectivity index (χ2v) is 5.10. The number of halogens is 2. The molecule has 7 heteroatoms. The van der Waals surface area contributed by atoms with E-state index in [-0.39, 0.29) is 23.3 Å². The number of methoxy groups -OCH3 is 1. The highest BCUT2D eigenvalue weighted by Gasteiger charge is 2.35. The smallest absolute Gasteiger partial charge is 0.227 e. The lowest BCUT2D eigenvalue weighted by molar-refractivity contribution is -0.123. The topological polar surface area (TPSA) is 72.6 Å². The number of amides is 2. The molecule has 5 nitrogen and oxygen atoms in total. The van der Waals surface area contributed by atoms with Gasteiger partial charge in [0.05, 0.1) is 23.2 Å². The van der Waals surface area contributed by atoms with Crippen molar-refractivity contribution >= 4 is 33.4 Å². The molecule has 2 rings (SSSR count). The zero-order valence-electron chi connectivity index (χ0n) is 10.2. The minimum absolute atomic E-state index is 0.0379. The molecule has 1 aromatic rings. The maximum Gasteiger partial charge on any atom is 0.227 e. The van der Waals surface area contributed by atoms with E-state index in [0.29, 0.717) is 11.4 Å². The van der Waals surface area contributed by atoms with Crippen molar-refractivity contribution < 1.29 is 18.7 Å². The van der Waals surface area contributed by atoms with Gasteiger partial charge in [-0.2, -0.15) is 0 Å². The first-order valence-electron chi connectivity index (χ1n) is 5.56. The number of carbonyl (C=O) groups excluding carboxylic acids is 2. The summed E-state index contributed by atoms with van der Waals surface area (Å²) in [5.41, 5.74) is 5.50. The molecule has 0 aromatic heterocycles. The lowest BCUT2D eigenvalue weighted by Gasteiger charge is -2.19. The fraction of sp³-hybridized carbons (Fsp3) is 0.333. The predicted molar refractivity (Wildman–Crippen MR) is 70.3 cm³/mol. The van der Waals surface area contributed by atoms with Crippen LogP contribution < -0.4 is 15.4 Å². The molecule has 1 aromatic carbocycles. The molecule has 1 heterocycles. The molecule has 0 radical (unpaired) electrons. The molecule has 1 unspecified atom stereocenters. The predicted octanol–water partition coefficient (Wildman–Crippen LogP) is 1.43. The molecule has 0 aliphatic carbocycles. The molecule has 1 aliphatic heterocycles. The third-order valence-electron chi connectivity index (χ3n) is 3.04. The summed E-state index contributed by atoms with van der Waals surface area (Å²) >= 11 is 3.05. The molecule has 1 aliphatic rings. The second-order valence-electron chi connectivity index (χ2n) is 4.25. The molecule has 0 spiro atoms. The van der Waals surface area contributed by atoms with E-state index in [1.807, 2.05) is 0 Å². The summed E-state index contributed by atoms with van der Waals surface area (Å²) in [6, 6.07) is 2.64. The lowest BCUT2D eigenvalue weighted by Crippen LogP contribution is -2.28. The molecule has 2 N–H and O–H groups in total. The Labute approximate surface area is 117 Å². The number of hydrogen-bond donors (Lipinski definition) is 1. The quantitative estimate of drug-likeness (QED) is 0.911. The first kappa shape index (κ1) is 13.8. The Kier molecular flexibility index (Phi) is 3.75. The molecule has 1 fully saturated rings. The van der Waals surface area contributed by atoms with Crippen LogP contribution in [0.1, 0.15) is 6.42 Å². The number of hydrogen-bond acceptors (Lipinski definition) is 3. The van der Waals surface area contributed by atoms with E-state index in [4.69, 9.17) is 10.5 Å². The Bertz CT molecular complexity index is 550. The average Bonchev–Trinajstić information content (AvgIpc) is 2.74. The van der Waals surface area contributed by atoms with Crippen LogP contribution in [-0.4, -0.2) is 25.5 Å². The first-order valence-corrected chi connectivity index (χ1v) is 6.36. The summed E-state index contributed by atoms with van der Waals surface area (Å²) in [5.74, 6) is -1.52. The Hall–Kier alpha value is -1.63. The second kappa shape index (κ2) is 5.16. The van der Waals surface area contributed by atoms with E-state index < -0.39 is 17.6 Å². The van der Waals surface area contributed by atoms with E-state index in [0.717, 1.165) is 0 Å². The van der Waals surface area contributed by atoms with Gasteiger partial charge in [0.1, 0.15) is 11.6 Å². The third-order valence-corrected chi connectivity index (χ3v) is 3.65. The maximum atomic E-state index is 13.6. The zero-order valence-corrected chi connectivity index (χ0v) is 11.7. The van der Waals surface area contributed by atoms with Crippen molar-refractivity contribution in [3.05, 3.63) is 22.4 Å². The SMILES string of the molecule is COc1cc(Br)c(F)cc1N1CC(C(N)=O)CC1=O. The number of primary amides is 1. The number of rotatable bonds is 3. The fourth-order valence-corrected chi connectivity index (χ4v) is 2.35. The number of nitrogens with two attached hydrogens (primary N) is 1. The largest absolute Gasteiger partial charge is 0.495 e. The van der Waals surface area contributed by atoms with E-state index >= 15 is 0 Å². The molecule has 1 saturated heterocycles. The minimum atomic E-state index is -0.552. The number of benzene rings is 1. The Morgan fingerprint density at radius 1 is 1.58 bits per heavy atom. The van der Waals surface area contributed by atoms with Gasteiger partial charge in [0, 0.05) is 19.0 Å². The van der Waals surface area contributed by atoms with Crippen molar-refractivity contribution in [2.45, 2.75) is 6.42 Å². The molecular formula is C12H12BrFN2O3. The van der Waals surface area contributed by atoms with Gasteiger partial charge < -0.3 is 15.4 Å². The maximum absolute atomic E-state index is 13.6. The van der Waals surface area contributed by atoms with Crippen molar-refractivity contribution in [2.75, 3.05) is 18.6 Å². The van der Waals surface area contributed by atoms with Crippen molar-refractivity contribution in [2.24, 2.45) is 11.7 Å². The van der Waals surface area contributed by atoms with Crippen LogP contribution in [0.2, 0.25) is 0 Å². The van der Waals surface area contributed by atoms with Crippen LogP contribution in [0.4, 0.5) is 10.1 Å². The van der Waals surface area contributed by atoms with Crippen LogP contribution in [0.25, 0.3) is 0 Å². The summed E-state index contributed by atoms with van der Waals surface area (Å²) in [5, 5.41) is 0. The van der Waals surface area contributed by atoms with Gasteiger partial charge >= 0.3 is 0 Å². The molecule has 2 amide bonds. The van der Waals surface area contributed by atoms with Crippen LogP contribution in [0.3, 0.4) is 0 Å². The normalized spacial score (nSPS) is 18.8. The van der Waals surface area contributed by atoms with E-state index in [1.165, 1.54) is 24.1 Å². The van der Waals surface area contributed by atoms with Crippen LogP contribution >= 0.6 is 15.9 Å². The highest BCUT2D eigenvalue weighted by Crippen LogP contribution is 2.36. The summed E-state index contributed by atoms with van der Waals surface area (Å²) < 4.78 is 19.0. The Morgan fingerprint density at radius 2 is 2.26 bits per heavy atom. The number of ether oxygens (including phenoxy) is 1. The van der Waals surface area contributed by atoms with Crippen molar-refractivity contribution in [1.82, 2.24) is 0 Å². The van der Waals surface area contributed by atoms with Crippen LogP contribution in [0.15, 0.2) is 16.6 Å². The van der Waals surface area contributed by atoms with Gasteiger partial charge in [-0.1, -0.05) is 0 Å². The number of carbonyl (C=O) groups is 2. The molecule has 0 saturated carbocycles. The van der Waals surface area contributed by atoms with Gasteiger partial charge in [0.15, 0.2) is 0 Å². The Morgan fingerprint density at radius 3 is 2.79 bits per heavy atom. The van der Waals surface area contributed by atoms with Gasteiger partial charge in [0.2, 0.25) is 11.8 Å². The Balaban J connectivity index is 2.39. The van der Waals surface area contributed by atoms with Gasteiger partial charge in [-0.3, -0.25) is 9.59 Å². The molecule has 0 bridgehead atoms. The summed E-state index contributed by atoms with van der Waals surface area (Å²) in [4.78, 5) is 24.3. The molecule has 19 heavy (non-hydrogen) atoms. The van der Waals surface area contributed by atoms with Crippen molar-refractivity contribution in [3.63, 3.8) is 0 Å². The van der Waals surface area contributed by atoms with Gasteiger partial charge in [0.25, 0.3) is 0 Å². The molecule has 1 atom stereocenters. The number of anilines is 1. The highest BCUT2D eigenvalue weighted by atomic mass is 79.9. The van der Waals surface area contributed by atoms with Crippen LogP contribution in [-0.2, 0) is 9.59 Å². The molecule has 102 valence electrons. The third kappa shape index (κ3) is 2.56. The lowest BCUT2D eigenvalue weighted by atomic mass is 10.1. The van der Waals surface area contributed by atoms with Crippen LogP contribution in [0, 0.1) is 11.7 Å². The average molecular weight is 331 g/mol. The molecular weight excluding hydrogens is 319 g/mol. The van der Waals surface area contributed by atoms with E-state index in [1.54, 1.807) is 0 Å². The van der Waals surface area contributed by atoms with Crippen molar-refractivity contribution in [1.29, 1.82) is 0 Å². The van der Waals surface area contributed by atoms with E-state index in [9.17, 15) is 14.0 Å². The monoisotopic (exact) mass is 330 g/mol.